The highest BCUT2D eigenvalue weighted by Gasteiger charge is 2.49. The average Bonchev–Trinajstić information content (AvgIpc) is 3.47. The molecule has 1 aliphatic carbocycles. The van der Waals surface area contributed by atoms with E-state index < -0.39 is 11.6 Å². The van der Waals surface area contributed by atoms with Crippen molar-refractivity contribution in [3.8, 4) is 5.75 Å². The van der Waals surface area contributed by atoms with Gasteiger partial charge in [-0.2, -0.15) is 0 Å². The number of nitrogens with zero attached hydrogens (tertiary/aromatic N) is 1. The van der Waals surface area contributed by atoms with E-state index >= 15 is 0 Å². The SMILES string of the molecule is COc1ccccc1C1CNCCN1C(=O)C1CC1c1c(F)cccc1F.Cl. The van der Waals surface area contributed by atoms with Crippen LogP contribution < -0.4 is 10.1 Å². The van der Waals surface area contributed by atoms with Gasteiger partial charge in [-0.15, -0.1) is 12.4 Å². The first-order valence-electron chi connectivity index (χ1n) is 9.20. The summed E-state index contributed by atoms with van der Waals surface area (Å²) in [5.41, 5.74) is 0.981. The Bertz CT molecular complexity index is 844. The monoisotopic (exact) mass is 408 g/mol. The van der Waals surface area contributed by atoms with Gasteiger partial charge in [0.1, 0.15) is 17.4 Å². The highest BCUT2D eigenvalue weighted by molar-refractivity contribution is 5.85. The molecule has 2 aromatic rings. The van der Waals surface area contributed by atoms with Crippen LogP contribution in [0.15, 0.2) is 42.5 Å². The van der Waals surface area contributed by atoms with Crippen LogP contribution in [0.25, 0.3) is 0 Å². The van der Waals surface area contributed by atoms with E-state index in [1.54, 1.807) is 7.11 Å². The topological polar surface area (TPSA) is 41.6 Å². The number of hydrogen-bond donors (Lipinski definition) is 1. The Kier molecular flexibility index (Phi) is 6.20. The van der Waals surface area contributed by atoms with Crippen LogP contribution in [0.4, 0.5) is 8.78 Å². The molecule has 0 spiro atoms. The van der Waals surface area contributed by atoms with Gasteiger partial charge in [-0.05, 0) is 24.6 Å². The molecule has 0 radical (unpaired) electrons. The number of carbonyl (C=O) groups is 1. The fourth-order valence-corrected chi connectivity index (χ4v) is 4.05. The quantitative estimate of drug-likeness (QED) is 0.839. The van der Waals surface area contributed by atoms with Crippen molar-refractivity contribution in [2.45, 2.75) is 18.4 Å². The number of ether oxygens (including phenoxy) is 1. The maximum Gasteiger partial charge on any atom is 0.226 e. The van der Waals surface area contributed by atoms with E-state index in [4.69, 9.17) is 4.74 Å². The van der Waals surface area contributed by atoms with Crippen molar-refractivity contribution < 1.29 is 18.3 Å². The number of hydrogen-bond acceptors (Lipinski definition) is 3. The Morgan fingerprint density at radius 2 is 1.86 bits per heavy atom. The van der Waals surface area contributed by atoms with Gasteiger partial charge in [-0.1, -0.05) is 24.3 Å². The van der Waals surface area contributed by atoms with Crippen molar-refractivity contribution in [3.05, 3.63) is 65.2 Å². The summed E-state index contributed by atoms with van der Waals surface area (Å²) < 4.78 is 33.6. The minimum absolute atomic E-state index is 0. The van der Waals surface area contributed by atoms with Gasteiger partial charge in [0.05, 0.1) is 13.2 Å². The van der Waals surface area contributed by atoms with Crippen LogP contribution in [0.1, 0.15) is 29.5 Å². The highest BCUT2D eigenvalue weighted by Crippen LogP contribution is 2.51. The molecule has 0 aromatic heterocycles. The second-order valence-electron chi connectivity index (χ2n) is 7.08. The Hall–Kier alpha value is -2.18. The van der Waals surface area contributed by atoms with E-state index in [-0.39, 0.29) is 41.8 Å². The van der Waals surface area contributed by atoms with Crippen LogP contribution in [-0.2, 0) is 4.79 Å². The molecule has 1 aliphatic heterocycles. The maximum atomic E-state index is 14.1. The van der Waals surface area contributed by atoms with Gasteiger partial charge in [0.15, 0.2) is 0 Å². The van der Waals surface area contributed by atoms with Gasteiger partial charge in [0, 0.05) is 42.6 Å². The van der Waals surface area contributed by atoms with Crippen molar-refractivity contribution in [3.63, 3.8) is 0 Å². The van der Waals surface area contributed by atoms with Gasteiger partial charge >= 0.3 is 0 Å². The second kappa shape index (κ2) is 8.45. The summed E-state index contributed by atoms with van der Waals surface area (Å²) in [5, 5.41) is 3.32. The van der Waals surface area contributed by atoms with E-state index in [9.17, 15) is 13.6 Å². The third-order valence-corrected chi connectivity index (χ3v) is 5.50. The molecule has 2 fully saturated rings. The van der Waals surface area contributed by atoms with Gasteiger partial charge < -0.3 is 15.0 Å². The van der Waals surface area contributed by atoms with Crippen LogP contribution in [0.2, 0.25) is 0 Å². The van der Waals surface area contributed by atoms with Crippen LogP contribution in [0.5, 0.6) is 5.75 Å². The Balaban J connectivity index is 0.00000225. The molecule has 1 saturated carbocycles. The lowest BCUT2D eigenvalue weighted by molar-refractivity contribution is -0.136. The number of para-hydroxylation sites is 1. The molecule has 3 atom stereocenters. The number of methoxy groups -OCH3 is 1. The third kappa shape index (κ3) is 3.71. The van der Waals surface area contributed by atoms with E-state index in [1.165, 1.54) is 18.2 Å². The number of halogens is 3. The molecule has 2 aliphatic rings. The fraction of sp³-hybridized carbons (Fsp3) is 0.381. The molecule has 1 N–H and O–H groups in total. The molecule has 1 heterocycles. The highest BCUT2D eigenvalue weighted by atomic mass is 35.5. The Morgan fingerprint density at radius 3 is 2.57 bits per heavy atom. The van der Waals surface area contributed by atoms with Crippen molar-refractivity contribution in [1.29, 1.82) is 0 Å². The van der Waals surface area contributed by atoms with E-state index in [2.05, 4.69) is 5.32 Å². The minimum atomic E-state index is -0.572. The molecule has 4 rings (SSSR count). The van der Waals surface area contributed by atoms with Crippen molar-refractivity contribution in [2.75, 3.05) is 26.7 Å². The Morgan fingerprint density at radius 1 is 1.14 bits per heavy atom. The molecular weight excluding hydrogens is 386 g/mol. The summed E-state index contributed by atoms with van der Waals surface area (Å²) in [6.07, 6.45) is 0.485. The molecule has 3 unspecified atom stereocenters. The van der Waals surface area contributed by atoms with Crippen LogP contribution in [-0.4, -0.2) is 37.6 Å². The lowest BCUT2D eigenvalue weighted by atomic mass is 10.0. The number of amides is 1. The summed E-state index contributed by atoms with van der Waals surface area (Å²) in [6, 6.07) is 11.3. The van der Waals surface area contributed by atoms with Crippen LogP contribution in [0.3, 0.4) is 0 Å². The van der Waals surface area contributed by atoms with Crippen molar-refractivity contribution in [1.82, 2.24) is 10.2 Å². The summed E-state index contributed by atoms with van der Waals surface area (Å²) in [5.74, 6) is -1.20. The maximum absolute atomic E-state index is 14.1. The number of piperazine rings is 1. The summed E-state index contributed by atoms with van der Waals surface area (Å²) in [6.45, 7) is 1.88. The largest absolute Gasteiger partial charge is 0.496 e. The fourth-order valence-electron chi connectivity index (χ4n) is 4.05. The van der Waals surface area contributed by atoms with Gasteiger partial charge in [-0.25, -0.2) is 8.78 Å². The molecule has 0 bridgehead atoms. The van der Waals surface area contributed by atoms with Crippen molar-refractivity contribution >= 4 is 18.3 Å². The van der Waals surface area contributed by atoms with Crippen LogP contribution in [0, 0.1) is 17.6 Å². The number of rotatable bonds is 4. The zero-order valence-corrected chi connectivity index (χ0v) is 16.3. The zero-order valence-electron chi connectivity index (χ0n) is 15.5. The molecule has 4 nitrogen and oxygen atoms in total. The predicted molar refractivity (Wildman–Crippen MR) is 105 cm³/mol. The van der Waals surface area contributed by atoms with Crippen molar-refractivity contribution in [2.24, 2.45) is 5.92 Å². The standard InChI is InChI=1S/C21H22F2N2O2.ClH/c1-27-19-8-3-2-5-13(19)18-12-24-9-10-25(18)21(26)15-11-14(15)20-16(22)6-4-7-17(20)23;/h2-8,14-15,18,24H,9-12H2,1H3;1H. The molecule has 1 amide bonds. The second-order valence-corrected chi connectivity index (χ2v) is 7.08. The number of benzene rings is 2. The molecule has 2 aromatic carbocycles. The first-order valence-corrected chi connectivity index (χ1v) is 9.20. The summed E-state index contributed by atoms with van der Waals surface area (Å²) >= 11 is 0. The molecular formula is C21H23ClF2N2O2. The van der Waals surface area contributed by atoms with Gasteiger partial charge in [-0.3, -0.25) is 4.79 Å². The molecule has 7 heteroatoms. The Labute approximate surface area is 169 Å². The first-order chi connectivity index (χ1) is 13.1. The normalized spacial score (nSPS) is 23.7. The molecule has 1 saturated heterocycles. The zero-order chi connectivity index (χ0) is 19.0. The third-order valence-electron chi connectivity index (χ3n) is 5.50. The summed E-state index contributed by atoms with van der Waals surface area (Å²) in [7, 11) is 1.61. The van der Waals surface area contributed by atoms with E-state index in [0.29, 0.717) is 26.1 Å². The lowest BCUT2D eigenvalue weighted by Gasteiger charge is -2.37. The molecule has 150 valence electrons. The van der Waals surface area contributed by atoms with Gasteiger partial charge in [0.2, 0.25) is 5.91 Å². The minimum Gasteiger partial charge on any atom is -0.496 e. The van der Waals surface area contributed by atoms with E-state index in [1.807, 2.05) is 29.2 Å². The number of nitrogens with one attached hydrogen (secondary N) is 1. The van der Waals surface area contributed by atoms with Gasteiger partial charge in [0.25, 0.3) is 0 Å². The number of carbonyl (C=O) groups excluding carboxylic acids is 1. The predicted octanol–water partition coefficient (Wildman–Crippen LogP) is 3.67. The molecule has 28 heavy (non-hydrogen) atoms. The van der Waals surface area contributed by atoms with E-state index in [0.717, 1.165) is 11.3 Å². The average molecular weight is 409 g/mol. The lowest BCUT2D eigenvalue weighted by Crippen LogP contribution is -2.49. The van der Waals surface area contributed by atoms with Crippen LogP contribution >= 0.6 is 12.4 Å². The summed E-state index contributed by atoms with van der Waals surface area (Å²) in [4.78, 5) is 15.0. The first kappa shape index (κ1) is 20.6. The smallest absolute Gasteiger partial charge is 0.226 e.